The Bertz CT molecular complexity index is 1750. The molecule has 2 aliphatic rings. The van der Waals surface area contributed by atoms with Crippen LogP contribution in [0.2, 0.25) is 0 Å². The Hall–Kier alpha value is -4.83. The number of likely N-dealkylation sites (tertiary alicyclic amines) is 1. The lowest BCUT2D eigenvalue weighted by Crippen LogP contribution is -2.45. The van der Waals surface area contributed by atoms with Gasteiger partial charge in [-0.2, -0.15) is 5.10 Å². The molecule has 1 unspecified atom stereocenters. The molecule has 1 saturated heterocycles. The first-order chi connectivity index (χ1) is 20.1. The van der Waals surface area contributed by atoms with Crippen molar-refractivity contribution >= 4 is 22.9 Å². The van der Waals surface area contributed by atoms with Gasteiger partial charge in [-0.3, -0.25) is 9.36 Å². The number of nitrogens with zero attached hydrogens (tertiary/aromatic N) is 7. The van der Waals surface area contributed by atoms with Crippen LogP contribution in [0.4, 0.5) is 5.82 Å². The molecule has 4 aromatic heterocycles. The van der Waals surface area contributed by atoms with Gasteiger partial charge in [0.2, 0.25) is 5.91 Å². The Labute approximate surface area is 237 Å². The van der Waals surface area contributed by atoms with E-state index in [0.717, 1.165) is 66.9 Å². The summed E-state index contributed by atoms with van der Waals surface area (Å²) in [5.74, 6) is 1.14. The standard InChI is InChI=1S/C31H31N9O/c1-2-28(41)38-15-10-21(11-16-38)36-26-9-6-20-17-22(7-8-24(20)26)40-30(25-5-3-12-33-29(25)32)37-27-18-23(19-34-31(27)40)39-14-4-13-35-39/h2-5,7-8,12-14,17-19,21,26,36H,1,6,9-11,15-16H2,(H2,32,33). The monoisotopic (exact) mass is 545 g/mol. The van der Waals surface area contributed by atoms with Crippen LogP contribution in [-0.4, -0.2) is 59.2 Å². The number of rotatable bonds is 6. The second-order valence-electron chi connectivity index (χ2n) is 10.6. The van der Waals surface area contributed by atoms with Crippen molar-refractivity contribution < 1.29 is 4.79 Å². The van der Waals surface area contributed by atoms with Crippen molar-refractivity contribution in [2.75, 3.05) is 18.8 Å². The van der Waals surface area contributed by atoms with E-state index in [1.54, 1.807) is 17.1 Å². The third-order valence-corrected chi connectivity index (χ3v) is 8.21. The van der Waals surface area contributed by atoms with E-state index in [1.165, 1.54) is 17.2 Å². The average Bonchev–Trinajstić information content (AvgIpc) is 3.76. The van der Waals surface area contributed by atoms with Crippen LogP contribution in [0.1, 0.15) is 36.4 Å². The quantitative estimate of drug-likeness (QED) is 0.310. The summed E-state index contributed by atoms with van der Waals surface area (Å²) in [6.07, 6.45) is 12.5. The molecule has 0 bridgehead atoms. The first kappa shape index (κ1) is 25.2. The van der Waals surface area contributed by atoms with E-state index in [0.29, 0.717) is 23.7 Å². The van der Waals surface area contributed by atoms with Gasteiger partial charge in [-0.15, -0.1) is 0 Å². The summed E-state index contributed by atoms with van der Waals surface area (Å²) in [6.45, 7) is 5.15. The third-order valence-electron chi connectivity index (χ3n) is 8.21. The minimum absolute atomic E-state index is 0.0220. The minimum Gasteiger partial charge on any atom is -0.383 e. The van der Waals surface area contributed by atoms with Gasteiger partial charge < -0.3 is 16.0 Å². The number of pyridine rings is 2. The van der Waals surface area contributed by atoms with Crippen LogP contribution in [-0.2, 0) is 11.2 Å². The lowest BCUT2D eigenvalue weighted by atomic mass is 10.0. The smallest absolute Gasteiger partial charge is 0.245 e. The number of anilines is 1. The SMILES string of the molecule is C=CC(=O)N1CCC(NC2CCc3cc(-n4c(-c5cccnc5N)nc5cc(-n6cccn6)cnc54)ccc32)CC1. The van der Waals surface area contributed by atoms with Crippen LogP contribution in [0.5, 0.6) is 0 Å². The molecule has 1 amide bonds. The first-order valence-corrected chi connectivity index (χ1v) is 14.0. The number of carbonyl (C=O) groups is 1. The molecule has 41 heavy (non-hydrogen) atoms. The molecule has 1 aromatic carbocycles. The van der Waals surface area contributed by atoms with Gasteiger partial charge in [0.1, 0.15) is 11.3 Å². The molecule has 10 heteroatoms. The number of amides is 1. The number of fused-ring (bicyclic) bond motifs is 2. The molecule has 1 aliphatic heterocycles. The number of hydrogen-bond acceptors (Lipinski definition) is 7. The maximum Gasteiger partial charge on any atom is 0.245 e. The third kappa shape index (κ3) is 4.55. The molecule has 0 radical (unpaired) electrons. The van der Waals surface area contributed by atoms with Gasteiger partial charge in [-0.1, -0.05) is 12.6 Å². The summed E-state index contributed by atoms with van der Waals surface area (Å²) < 4.78 is 3.84. The molecule has 5 heterocycles. The van der Waals surface area contributed by atoms with Crippen LogP contribution in [0.15, 0.2) is 79.9 Å². The predicted molar refractivity (Wildman–Crippen MR) is 158 cm³/mol. The molecule has 1 atom stereocenters. The highest BCUT2D eigenvalue weighted by atomic mass is 16.2. The number of aryl methyl sites for hydroxylation is 1. The maximum atomic E-state index is 12.0. The summed E-state index contributed by atoms with van der Waals surface area (Å²) in [6, 6.07) is 15.0. The van der Waals surface area contributed by atoms with Crippen molar-refractivity contribution in [1.29, 1.82) is 0 Å². The van der Waals surface area contributed by atoms with E-state index >= 15 is 0 Å². The topological polar surface area (TPSA) is 120 Å². The highest BCUT2D eigenvalue weighted by Gasteiger charge is 2.29. The fraction of sp³-hybridized carbons (Fsp3) is 0.258. The number of imidazole rings is 1. The van der Waals surface area contributed by atoms with Crippen molar-refractivity contribution in [3.63, 3.8) is 0 Å². The Morgan fingerprint density at radius 1 is 1.05 bits per heavy atom. The van der Waals surface area contributed by atoms with E-state index in [9.17, 15) is 4.79 Å². The normalized spacial score (nSPS) is 17.2. The summed E-state index contributed by atoms with van der Waals surface area (Å²) in [7, 11) is 0. The van der Waals surface area contributed by atoms with E-state index in [4.69, 9.17) is 15.7 Å². The minimum atomic E-state index is 0.0220. The summed E-state index contributed by atoms with van der Waals surface area (Å²) in [5, 5.41) is 8.21. The Morgan fingerprint density at radius 3 is 2.71 bits per heavy atom. The number of nitrogen functional groups attached to an aromatic ring is 1. The fourth-order valence-corrected chi connectivity index (χ4v) is 6.13. The molecule has 10 nitrogen and oxygen atoms in total. The van der Waals surface area contributed by atoms with Gasteiger partial charge in [0.05, 0.1) is 17.4 Å². The van der Waals surface area contributed by atoms with E-state index in [1.807, 2.05) is 41.6 Å². The van der Waals surface area contributed by atoms with Gasteiger partial charge in [-0.05, 0) is 79.3 Å². The second kappa shape index (κ2) is 10.3. The lowest BCUT2D eigenvalue weighted by Gasteiger charge is -2.33. The van der Waals surface area contributed by atoms with Gasteiger partial charge in [0.25, 0.3) is 0 Å². The van der Waals surface area contributed by atoms with Crippen LogP contribution >= 0.6 is 0 Å². The average molecular weight is 546 g/mol. The van der Waals surface area contributed by atoms with E-state index in [2.05, 4.69) is 44.7 Å². The number of nitrogens with two attached hydrogens (primary N) is 1. The summed E-state index contributed by atoms with van der Waals surface area (Å²) >= 11 is 0. The molecular weight excluding hydrogens is 514 g/mol. The Morgan fingerprint density at radius 2 is 1.93 bits per heavy atom. The summed E-state index contributed by atoms with van der Waals surface area (Å²) in [5.41, 5.74) is 13.0. The largest absolute Gasteiger partial charge is 0.383 e. The molecule has 206 valence electrons. The Kier molecular flexibility index (Phi) is 6.31. The van der Waals surface area contributed by atoms with Crippen molar-refractivity contribution in [1.82, 2.24) is 39.5 Å². The number of hydrogen-bond donors (Lipinski definition) is 2. The fourth-order valence-electron chi connectivity index (χ4n) is 6.13. The Balaban J connectivity index is 1.22. The van der Waals surface area contributed by atoms with Gasteiger partial charge in [-0.25, -0.2) is 19.6 Å². The van der Waals surface area contributed by atoms with Crippen molar-refractivity contribution in [2.45, 2.75) is 37.8 Å². The number of aromatic nitrogens is 6. The van der Waals surface area contributed by atoms with E-state index < -0.39 is 0 Å². The predicted octanol–water partition coefficient (Wildman–Crippen LogP) is 4.00. The molecule has 1 fully saturated rings. The van der Waals surface area contributed by atoms with Crippen LogP contribution in [0, 0.1) is 0 Å². The van der Waals surface area contributed by atoms with Gasteiger partial charge >= 0.3 is 0 Å². The van der Waals surface area contributed by atoms with Crippen LogP contribution in [0.3, 0.4) is 0 Å². The lowest BCUT2D eigenvalue weighted by molar-refractivity contribution is -0.127. The second-order valence-corrected chi connectivity index (χ2v) is 10.6. The number of nitrogens with one attached hydrogen (secondary N) is 1. The van der Waals surface area contributed by atoms with Crippen molar-refractivity contribution in [3.05, 3.63) is 91.0 Å². The van der Waals surface area contributed by atoms with Gasteiger partial charge in [0.15, 0.2) is 11.5 Å². The van der Waals surface area contributed by atoms with Crippen LogP contribution < -0.4 is 11.1 Å². The molecule has 3 N–H and O–H groups in total. The molecule has 7 rings (SSSR count). The van der Waals surface area contributed by atoms with Gasteiger partial charge in [0, 0.05) is 49.5 Å². The number of carbonyl (C=O) groups excluding carboxylic acids is 1. The zero-order valence-electron chi connectivity index (χ0n) is 22.6. The van der Waals surface area contributed by atoms with E-state index in [-0.39, 0.29) is 5.91 Å². The maximum absolute atomic E-state index is 12.0. The molecular formula is C31H31N9O. The number of piperidine rings is 1. The molecule has 1 aliphatic carbocycles. The van der Waals surface area contributed by atoms with Crippen LogP contribution in [0.25, 0.3) is 33.9 Å². The number of benzene rings is 1. The highest BCUT2D eigenvalue weighted by molar-refractivity contribution is 5.87. The molecule has 5 aromatic rings. The van der Waals surface area contributed by atoms with Crippen molar-refractivity contribution in [2.24, 2.45) is 0 Å². The zero-order chi connectivity index (χ0) is 27.9. The highest BCUT2D eigenvalue weighted by Crippen LogP contribution is 2.36. The molecule has 0 spiro atoms. The van der Waals surface area contributed by atoms with Crippen molar-refractivity contribution in [3.8, 4) is 22.8 Å². The first-order valence-electron chi connectivity index (χ1n) is 14.0. The molecule has 0 saturated carbocycles. The zero-order valence-corrected chi connectivity index (χ0v) is 22.6. The summed E-state index contributed by atoms with van der Waals surface area (Å²) in [4.78, 5) is 28.0.